The summed E-state index contributed by atoms with van der Waals surface area (Å²) in [6, 6.07) is 1.34. The van der Waals surface area contributed by atoms with Crippen molar-refractivity contribution in [1.82, 2.24) is 4.90 Å². The second kappa shape index (κ2) is 7.57. The van der Waals surface area contributed by atoms with Gasteiger partial charge in [0.1, 0.15) is 0 Å². The number of nitrogens with zero attached hydrogens (tertiary/aromatic N) is 1. The highest BCUT2D eigenvalue weighted by molar-refractivity contribution is 7.99. The topological polar surface area (TPSA) is 29.3 Å². The molecule has 0 aromatic heterocycles. The lowest BCUT2D eigenvalue weighted by molar-refractivity contribution is 0.0835. The predicted molar refractivity (Wildman–Crippen MR) is 75.0 cm³/mol. The van der Waals surface area contributed by atoms with Crippen LogP contribution in [0.4, 0.5) is 0 Å². The molecule has 96 valence electrons. The number of piperidine rings is 1. The average molecular weight is 244 g/mol. The second-order valence-electron chi connectivity index (χ2n) is 5.09. The van der Waals surface area contributed by atoms with Crippen molar-refractivity contribution in [2.75, 3.05) is 24.6 Å². The first-order chi connectivity index (χ1) is 7.69. The van der Waals surface area contributed by atoms with E-state index in [2.05, 4.69) is 25.7 Å². The third-order valence-corrected chi connectivity index (χ3v) is 4.66. The lowest BCUT2D eigenvalue weighted by Gasteiger charge is -2.41. The van der Waals surface area contributed by atoms with E-state index < -0.39 is 0 Å². The van der Waals surface area contributed by atoms with Crippen LogP contribution in [0.2, 0.25) is 0 Å². The molecule has 1 aliphatic rings. The standard InChI is InChI=1S/C13H28N2S/c1-4-16-8-6-13(10-14)15-7-5-11(2)9-12(15)3/h11-13H,4-10,14H2,1-3H3. The Hall–Kier alpha value is 0.270. The maximum atomic E-state index is 5.93. The van der Waals surface area contributed by atoms with Gasteiger partial charge in [-0.15, -0.1) is 0 Å². The molecule has 3 heteroatoms. The zero-order valence-electron chi connectivity index (χ0n) is 11.1. The maximum Gasteiger partial charge on any atom is 0.0229 e. The Morgan fingerprint density at radius 2 is 2.19 bits per heavy atom. The third kappa shape index (κ3) is 4.27. The Bertz CT molecular complexity index is 187. The van der Waals surface area contributed by atoms with Crippen LogP contribution in [0.1, 0.15) is 40.0 Å². The van der Waals surface area contributed by atoms with Crippen LogP contribution in [-0.4, -0.2) is 41.6 Å². The van der Waals surface area contributed by atoms with Gasteiger partial charge in [-0.2, -0.15) is 11.8 Å². The number of hydrogen-bond donors (Lipinski definition) is 1. The lowest BCUT2D eigenvalue weighted by Crippen LogP contribution is -2.49. The molecule has 2 nitrogen and oxygen atoms in total. The van der Waals surface area contributed by atoms with Gasteiger partial charge in [-0.05, 0) is 50.2 Å². The van der Waals surface area contributed by atoms with Gasteiger partial charge in [-0.25, -0.2) is 0 Å². The minimum Gasteiger partial charge on any atom is -0.329 e. The quantitative estimate of drug-likeness (QED) is 0.728. The molecule has 1 fully saturated rings. The third-order valence-electron chi connectivity index (χ3n) is 3.73. The van der Waals surface area contributed by atoms with Gasteiger partial charge in [0.05, 0.1) is 0 Å². The largest absolute Gasteiger partial charge is 0.329 e. The summed E-state index contributed by atoms with van der Waals surface area (Å²) >= 11 is 2.04. The van der Waals surface area contributed by atoms with Crippen molar-refractivity contribution in [1.29, 1.82) is 0 Å². The molecule has 1 heterocycles. The highest BCUT2D eigenvalue weighted by Gasteiger charge is 2.27. The molecule has 0 amide bonds. The molecule has 16 heavy (non-hydrogen) atoms. The minimum atomic E-state index is 0.613. The van der Waals surface area contributed by atoms with Crippen LogP contribution in [0.3, 0.4) is 0 Å². The van der Waals surface area contributed by atoms with E-state index in [4.69, 9.17) is 5.73 Å². The first-order valence-corrected chi connectivity index (χ1v) is 7.88. The van der Waals surface area contributed by atoms with E-state index >= 15 is 0 Å². The molecule has 0 bridgehead atoms. The van der Waals surface area contributed by atoms with Gasteiger partial charge < -0.3 is 5.73 Å². The van der Waals surface area contributed by atoms with Crippen LogP contribution >= 0.6 is 11.8 Å². The van der Waals surface area contributed by atoms with Crippen molar-refractivity contribution in [2.45, 2.75) is 52.1 Å². The molecule has 0 radical (unpaired) electrons. The number of hydrogen-bond acceptors (Lipinski definition) is 3. The van der Waals surface area contributed by atoms with Crippen LogP contribution in [0.5, 0.6) is 0 Å². The fourth-order valence-corrected chi connectivity index (χ4v) is 3.48. The van der Waals surface area contributed by atoms with Crippen molar-refractivity contribution >= 4 is 11.8 Å². The van der Waals surface area contributed by atoms with Gasteiger partial charge in [0.15, 0.2) is 0 Å². The highest BCUT2D eigenvalue weighted by atomic mass is 32.2. The number of likely N-dealkylation sites (tertiary alicyclic amines) is 1. The van der Waals surface area contributed by atoms with E-state index in [9.17, 15) is 0 Å². The second-order valence-corrected chi connectivity index (χ2v) is 6.49. The summed E-state index contributed by atoms with van der Waals surface area (Å²) in [4.78, 5) is 2.65. The van der Waals surface area contributed by atoms with Crippen LogP contribution in [0.15, 0.2) is 0 Å². The normalized spacial score (nSPS) is 29.2. The van der Waals surface area contributed by atoms with Crippen molar-refractivity contribution in [3.8, 4) is 0 Å². The fraction of sp³-hybridized carbons (Fsp3) is 1.00. The first kappa shape index (κ1) is 14.3. The van der Waals surface area contributed by atoms with Gasteiger partial charge in [0, 0.05) is 18.6 Å². The Balaban J connectivity index is 2.39. The van der Waals surface area contributed by atoms with Crippen molar-refractivity contribution in [3.63, 3.8) is 0 Å². The number of rotatable bonds is 6. The summed E-state index contributed by atoms with van der Waals surface area (Å²) < 4.78 is 0. The number of nitrogens with two attached hydrogens (primary N) is 1. The molecule has 1 aliphatic heterocycles. The van der Waals surface area contributed by atoms with Crippen molar-refractivity contribution in [3.05, 3.63) is 0 Å². The van der Waals surface area contributed by atoms with Crippen LogP contribution in [0, 0.1) is 5.92 Å². The monoisotopic (exact) mass is 244 g/mol. The Kier molecular flexibility index (Phi) is 6.78. The molecule has 0 spiro atoms. The molecule has 1 saturated heterocycles. The molecule has 2 N–H and O–H groups in total. The molecule has 0 aromatic rings. The van der Waals surface area contributed by atoms with E-state index in [-0.39, 0.29) is 0 Å². The summed E-state index contributed by atoms with van der Waals surface area (Å²) in [6.45, 7) is 9.04. The minimum absolute atomic E-state index is 0.613. The van der Waals surface area contributed by atoms with Gasteiger partial charge in [0.25, 0.3) is 0 Å². The van der Waals surface area contributed by atoms with Crippen LogP contribution in [0.25, 0.3) is 0 Å². The zero-order valence-corrected chi connectivity index (χ0v) is 11.9. The predicted octanol–water partition coefficient (Wildman–Crippen LogP) is 2.58. The molecule has 3 atom stereocenters. The lowest BCUT2D eigenvalue weighted by atomic mass is 9.91. The van der Waals surface area contributed by atoms with Gasteiger partial charge in [-0.1, -0.05) is 13.8 Å². The molecule has 3 unspecified atom stereocenters. The van der Waals surface area contributed by atoms with E-state index in [1.807, 2.05) is 11.8 Å². The van der Waals surface area contributed by atoms with Crippen LogP contribution in [-0.2, 0) is 0 Å². The summed E-state index contributed by atoms with van der Waals surface area (Å²) in [5.41, 5.74) is 5.93. The van der Waals surface area contributed by atoms with Crippen molar-refractivity contribution in [2.24, 2.45) is 11.7 Å². The van der Waals surface area contributed by atoms with E-state index in [0.29, 0.717) is 6.04 Å². The Labute approximate surface area is 105 Å². The van der Waals surface area contributed by atoms with Gasteiger partial charge >= 0.3 is 0 Å². The molecule has 0 aromatic carbocycles. The fourth-order valence-electron chi connectivity index (χ4n) is 2.75. The van der Waals surface area contributed by atoms with Crippen LogP contribution < -0.4 is 5.73 Å². The number of thioether (sulfide) groups is 1. The SMILES string of the molecule is CCSCCC(CN)N1CCC(C)CC1C. The van der Waals surface area contributed by atoms with Gasteiger partial charge in [0.2, 0.25) is 0 Å². The molecule has 1 rings (SSSR count). The van der Waals surface area contributed by atoms with Gasteiger partial charge in [-0.3, -0.25) is 4.90 Å². The van der Waals surface area contributed by atoms with E-state index in [1.54, 1.807) is 0 Å². The van der Waals surface area contributed by atoms with Crippen molar-refractivity contribution < 1.29 is 0 Å². The smallest absolute Gasteiger partial charge is 0.0229 e. The maximum absolute atomic E-state index is 5.93. The van der Waals surface area contributed by atoms with E-state index in [0.717, 1.165) is 18.5 Å². The Morgan fingerprint density at radius 3 is 2.75 bits per heavy atom. The van der Waals surface area contributed by atoms with E-state index in [1.165, 1.54) is 37.3 Å². The molecular weight excluding hydrogens is 216 g/mol. The molecule has 0 saturated carbocycles. The molecular formula is C13H28N2S. The Morgan fingerprint density at radius 1 is 1.44 bits per heavy atom. The summed E-state index contributed by atoms with van der Waals surface area (Å²) in [6.07, 6.45) is 3.95. The first-order valence-electron chi connectivity index (χ1n) is 6.72. The zero-order chi connectivity index (χ0) is 12.0. The summed E-state index contributed by atoms with van der Waals surface area (Å²) in [5, 5.41) is 0. The highest BCUT2D eigenvalue weighted by Crippen LogP contribution is 2.25. The summed E-state index contributed by atoms with van der Waals surface area (Å²) in [7, 11) is 0. The summed E-state index contributed by atoms with van der Waals surface area (Å²) in [5.74, 6) is 3.38. The average Bonchev–Trinajstić information content (AvgIpc) is 2.26. The molecule has 0 aliphatic carbocycles.